The lowest BCUT2D eigenvalue weighted by Crippen LogP contribution is -2.27. The molecule has 0 rings (SSSR count). The van der Waals surface area contributed by atoms with E-state index in [0.29, 0.717) is 6.42 Å². The lowest BCUT2D eigenvalue weighted by molar-refractivity contribution is 0.0412. The van der Waals surface area contributed by atoms with E-state index in [1.165, 1.54) is 0 Å². The molecule has 2 N–H and O–H groups in total. The highest BCUT2D eigenvalue weighted by atomic mass is 16.3. The molecule has 0 heterocycles. The number of aliphatic hydroxyl groups is 2. The van der Waals surface area contributed by atoms with Gasteiger partial charge in [-0.3, -0.25) is 0 Å². The largest absolute Gasteiger partial charge is 0.390 e. The Hall–Kier alpha value is -0.600. The molecule has 0 fully saturated rings. The molecular weight excluding hydrogens is 164 g/mol. The second kappa shape index (κ2) is 5.95. The van der Waals surface area contributed by atoms with Crippen LogP contribution in [0.3, 0.4) is 0 Å². The van der Waals surface area contributed by atoms with Gasteiger partial charge < -0.3 is 10.2 Å². The van der Waals surface area contributed by atoms with E-state index in [1.54, 1.807) is 0 Å². The summed E-state index contributed by atoms with van der Waals surface area (Å²) in [5, 5.41) is 19.2. The lowest BCUT2D eigenvalue weighted by Gasteiger charge is -2.18. The normalized spacial score (nSPS) is 15.8. The van der Waals surface area contributed by atoms with E-state index >= 15 is 0 Å². The van der Waals surface area contributed by atoms with Crippen LogP contribution in [0.15, 0.2) is 23.3 Å². The molecule has 76 valence electrons. The zero-order valence-corrected chi connectivity index (χ0v) is 8.91. The van der Waals surface area contributed by atoms with Gasteiger partial charge in [0, 0.05) is 0 Å². The average Bonchev–Trinajstić information content (AvgIpc) is 2.11. The maximum Gasteiger partial charge on any atom is 0.105 e. The van der Waals surface area contributed by atoms with Crippen LogP contribution in [0.2, 0.25) is 0 Å². The third-order valence-electron chi connectivity index (χ3n) is 2.02. The van der Waals surface area contributed by atoms with Crippen LogP contribution in [0.25, 0.3) is 0 Å². The molecular formula is C11H20O2. The molecule has 0 spiro atoms. The van der Waals surface area contributed by atoms with Crippen molar-refractivity contribution in [3.8, 4) is 0 Å². The Balaban J connectivity index is 4.67. The van der Waals surface area contributed by atoms with Crippen molar-refractivity contribution in [2.75, 3.05) is 0 Å². The predicted molar refractivity (Wildman–Crippen MR) is 55.5 cm³/mol. The van der Waals surface area contributed by atoms with E-state index in [4.69, 9.17) is 0 Å². The van der Waals surface area contributed by atoms with Gasteiger partial charge in [-0.15, -0.1) is 0 Å². The molecule has 13 heavy (non-hydrogen) atoms. The van der Waals surface area contributed by atoms with Crippen molar-refractivity contribution in [1.29, 1.82) is 0 Å². The van der Waals surface area contributed by atoms with Crippen LogP contribution in [-0.2, 0) is 0 Å². The monoisotopic (exact) mass is 184 g/mol. The fourth-order valence-electron chi connectivity index (χ4n) is 1.17. The standard InChI is InChI=1S/C11H20O2/c1-5-7-9(8(3)4)11(13)10(12)6-2/h5,7,10-13H,6H2,1-4H3. The van der Waals surface area contributed by atoms with Crippen molar-refractivity contribution in [1.82, 2.24) is 0 Å². The Kier molecular flexibility index (Phi) is 5.67. The molecule has 2 atom stereocenters. The van der Waals surface area contributed by atoms with Gasteiger partial charge >= 0.3 is 0 Å². The SMILES string of the molecule is CC=CC(=C(C)C)C(O)C(O)CC. The molecule has 0 aliphatic carbocycles. The van der Waals surface area contributed by atoms with E-state index in [9.17, 15) is 10.2 Å². The van der Waals surface area contributed by atoms with Crippen LogP contribution in [0, 0.1) is 0 Å². The minimum Gasteiger partial charge on any atom is -0.390 e. The number of hydrogen-bond donors (Lipinski definition) is 2. The number of aliphatic hydroxyl groups excluding tert-OH is 2. The second-order valence-corrected chi connectivity index (χ2v) is 3.38. The van der Waals surface area contributed by atoms with Crippen molar-refractivity contribution < 1.29 is 10.2 Å². The molecule has 2 nitrogen and oxygen atoms in total. The van der Waals surface area contributed by atoms with Crippen LogP contribution in [0.4, 0.5) is 0 Å². The summed E-state index contributed by atoms with van der Waals surface area (Å²) in [6.07, 6.45) is 2.86. The maximum absolute atomic E-state index is 9.72. The summed E-state index contributed by atoms with van der Waals surface area (Å²) in [5.41, 5.74) is 1.86. The quantitative estimate of drug-likeness (QED) is 0.656. The third kappa shape index (κ3) is 3.75. The molecule has 0 aromatic heterocycles. The smallest absolute Gasteiger partial charge is 0.105 e. The Morgan fingerprint density at radius 3 is 2.15 bits per heavy atom. The van der Waals surface area contributed by atoms with Crippen LogP contribution in [0.1, 0.15) is 34.1 Å². The predicted octanol–water partition coefficient (Wildman–Crippen LogP) is 2.03. The number of rotatable bonds is 4. The van der Waals surface area contributed by atoms with Crippen molar-refractivity contribution in [3.05, 3.63) is 23.3 Å². The Morgan fingerprint density at radius 1 is 1.31 bits per heavy atom. The highest BCUT2D eigenvalue weighted by molar-refractivity contribution is 5.28. The summed E-state index contributed by atoms with van der Waals surface area (Å²) >= 11 is 0. The molecule has 0 radical (unpaired) electrons. The number of allylic oxidation sites excluding steroid dienone is 2. The second-order valence-electron chi connectivity index (χ2n) is 3.38. The molecule has 0 aliphatic heterocycles. The Labute approximate surface area is 80.6 Å². The van der Waals surface area contributed by atoms with Crippen molar-refractivity contribution in [2.45, 2.75) is 46.3 Å². The fraction of sp³-hybridized carbons (Fsp3) is 0.636. The Morgan fingerprint density at radius 2 is 1.85 bits per heavy atom. The zero-order valence-electron chi connectivity index (χ0n) is 8.91. The topological polar surface area (TPSA) is 40.5 Å². The molecule has 0 saturated heterocycles. The van der Waals surface area contributed by atoms with Gasteiger partial charge in [0.1, 0.15) is 6.10 Å². The van der Waals surface area contributed by atoms with Gasteiger partial charge in [-0.05, 0) is 32.8 Å². The van der Waals surface area contributed by atoms with Gasteiger partial charge in [0.05, 0.1) is 6.10 Å². The van der Waals surface area contributed by atoms with E-state index < -0.39 is 12.2 Å². The minimum absolute atomic E-state index is 0.565. The Bertz CT molecular complexity index is 200. The van der Waals surface area contributed by atoms with E-state index in [1.807, 2.05) is 39.8 Å². The highest BCUT2D eigenvalue weighted by Crippen LogP contribution is 2.15. The minimum atomic E-state index is -0.758. The maximum atomic E-state index is 9.72. The molecule has 0 aliphatic rings. The van der Waals surface area contributed by atoms with Crippen molar-refractivity contribution >= 4 is 0 Å². The fourth-order valence-corrected chi connectivity index (χ4v) is 1.17. The van der Waals surface area contributed by atoms with Crippen LogP contribution >= 0.6 is 0 Å². The molecule has 0 amide bonds. The van der Waals surface area contributed by atoms with Gasteiger partial charge in [0.2, 0.25) is 0 Å². The number of hydrogen-bond acceptors (Lipinski definition) is 2. The molecule has 0 saturated carbocycles. The molecule has 0 bridgehead atoms. The highest BCUT2D eigenvalue weighted by Gasteiger charge is 2.17. The average molecular weight is 184 g/mol. The molecule has 2 unspecified atom stereocenters. The van der Waals surface area contributed by atoms with Gasteiger partial charge in [-0.25, -0.2) is 0 Å². The van der Waals surface area contributed by atoms with E-state index in [2.05, 4.69) is 0 Å². The molecule has 0 aromatic rings. The lowest BCUT2D eigenvalue weighted by atomic mass is 9.98. The molecule has 0 aromatic carbocycles. The first kappa shape index (κ1) is 12.4. The van der Waals surface area contributed by atoms with E-state index in [-0.39, 0.29) is 0 Å². The van der Waals surface area contributed by atoms with Gasteiger partial charge in [-0.2, -0.15) is 0 Å². The van der Waals surface area contributed by atoms with Crippen molar-refractivity contribution in [2.24, 2.45) is 0 Å². The van der Waals surface area contributed by atoms with Crippen LogP contribution in [0.5, 0.6) is 0 Å². The van der Waals surface area contributed by atoms with Gasteiger partial charge in [0.15, 0.2) is 0 Å². The molecule has 2 heteroatoms. The first-order valence-corrected chi connectivity index (χ1v) is 4.70. The van der Waals surface area contributed by atoms with Gasteiger partial charge in [0.25, 0.3) is 0 Å². The summed E-state index contributed by atoms with van der Waals surface area (Å²) < 4.78 is 0. The van der Waals surface area contributed by atoms with E-state index in [0.717, 1.165) is 11.1 Å². The summed E-state index contributed by atoms with van der Waals surface area (Å²) in [6, 6.07) is 0. The first-order chi connectivity index (χ1) is 6.04. The van der Waals surface area contributed by atoms with Crippen LogP contribution in [-0.4, -0.2) is 22.4 Å². The van der Waals surface area contributed by atoms with Crippen molar-refractivity contribution in [3.63, 3.8) is 0 Å². The third-order valence-corrected chi connectivity index (χ3v) is 2.02. The first-order valence-electron chi connectivity index (χ1n) is 4.70. The summed E-state index contributed by atoms with van der Waals surface area (Å²) in [5.74, 6) is 0. The summed E-state index contributed by atoms with van der Waals surface area (Å²) in [6.45, 7) is 7.61. The van der Waals surface area contributed by atoms with Crippen LogP contribution < -0.4 is 0 Å². The summed E-state index contributed by atoms with van der Waals surface area (Å²) in [4.78, 5) is 0. The zero-order chi connectivity index (χ0) is 10.4. The summed E-state index contributed by atoms with van der Waals surface area (Å²) in [7, 11) is 0. The van der Waals surface area contributed by atoms with Gasteiger partial charge in [-0.1, -0.05) is 24.6 Å².